The molecule has 0 aromatic heterocycles. The number of carbonyl (C=O) groups excluding carboxylic acids is 1. The second-order valence-corrected chi connectivity index (χ2v) is 5.33. The van der Waals surface area contributed by atoms with Gasteiger partial charge in [-0.3, -0.25) is 4.79 Å². The van der Waals surface area contributed by atoms with Crippen LogP contribution in [0.1, 0.15) is 18.4 Å². The number of nitrogens with one attached hydrogen (secondary N) is 1. The fourth-order valence-corrected chi connectivity index (χ4v) is 2.68. The van der Waals surface area contributed by atoms with Gasteiger partial charge in [0.2, 0.25) is 5.91 Å². The van der Waals surface area contributed by atoms with Crippen molar-refractivity contribution in [2.75, 3.05) is 26.2 Å². The number of benzene rings is 1. The summed E-state index contributed by atoms with van der Waals surface area (Å²) in [7, 11) is 0. The molecule has 0 radical (unpaired) electrons. The average Bonchev–Trinajstić information content (AvgIpc) is 2.52. The Morgan fingerprint density at radius 3 is 2.65 bits per heavy atom. The highest BCUT2D eigenvalue weighted by Crippen LogP contribution is 2.15. The van der Waals surface area contributed by atoms with Crippen LogP contribution in [0.25, 0.3) is 0 Å². The number of hydrogen-bond donors (Lipinski definition) is 1. The van der Waals surface area contributed by atoms with Gasteiger partial charge in [-0.25, -0.2) is 0 Å². The molecule has 3 nitrogen and oxygen atoms in total. The Labute approximate surface area is 121 Å². The third-order valence-corrected chi connectivity index (χ3v) is 3.86. The second kappa shape index (κ2) is 7.85. The van der Waals surface area contributed by atoms with Gasteiger partial charge in [-0.05, 0) is 37.9 Å². The first kappa shape index (κ1) is 14.8. The molecule has 1 aliphatic rings. The summed E-state index contributed by atoms with van der Waals surface area (Å²) in [6, 6.07) is 10.3. The Morgan fingerprint density at radius 2 is 2.00 bits per heavy atom. The Kier molecular flexibility index (Phi) is 5.81. The number of rotatable bonds is 6. The summed E-state index contributed by atoms with van der Waals surface area (Å²) in [5.74, 6) is 0.481. The van der Waals surface area contributed by atoms with Crippen molar-refractivity contribution in [3.05, 3.63) is 48.6 Å². The number of carbonyl (C=O) groups is 1. The number of piperidine rings is 1. The summed E-state index contributed by atoms with van der Waals surface area (Å²) < 4.78 is 0. The largest absolute Gasteiger partial charge is 0.338 e. The minimum absolute atomic E-state index is 0.187. The van der Waals surface area contributed by atoms with Gasteiger partial charge in [-0.2, -0.15) is 0 Å². The number of amides is 1. The van der Waals surface area contributed by atoms with Crippen LogP contribution in [-0.4, -0.2) is 37.0 Å². The van der Waals surface area contributed by atoms with E-state index in [2.05, 4.69) is 24.0 Å². The second-order valence-electron chi connectivity index (χ2n) is 5.33. The van der Waals surface area contributed by atoms with Crippen molar-refractivity contribution in [3.8, 4) is 0 Å². The molecule has 0 bridgehead atoms. The molecule has 1 heterocycles. The predicted octanol–water partition coefficient (Wildman–Crippen LogP) is 2.24. The topological polar surface area (TPSA) is 32.3 Å². The van der Waals surface area contributed by atoms with Crippen LogP contribution in [0.5, 0.6) is 0 Å². The normalized spacial score (nSPS) is 15.8. The Bertz CT molecular complexity index is 424. The first-order valence-corrected chi connectivity index (χ1v) is 7.45. The maximum absolute atomic E-state index is 12.6. The van der Waals surface area contributed by atoms with Crippen molar-refractivity contribution in [2.24, 2.45) is 5.92 Å². The van der Waals surface area contributed by atoms with Gasteiger partial charge in [0.15, 0.2) is 0 Å². The fourth-order valence-electron chi connectivity index (χ4n) is 2.68. The summed E-state index contributed by atoms with van der Waals surface area (Å²) in [6.45, 7) is 7.11. The van der Waals surface area contributed by atoms with Gasteiger partial charge in [0.1, 0.15) is 0 Å². The van der Waals surface area contributed by atoms with Crippen molar-refractivity contribution >= 4 is 5.91 Å². The van der Waals surface area contributed by atoms with Crippen LogP contribution in [0, 0.1) is 5.92 Å². The van der Waals surface area contributed by atoms with Crippen molar-refractivity contribution in [2.45, 2.75) is 19.3 Å². The number of nitrogens with zero attached hydrogens (tertiary/aromatic N) is 1. The lowest BCUT2D eigenvalue weighted by atomic mass is 9.96. The molecule has 0 saturated carbocycles. The van der Waals surface area contributed by atoms with Crippen LogP contribution < -0.4 is 5.32 Å². The summed E-state index contributed by atoms with van der Waals surface area (Å²) in [5.41, 5.74) is 1.28. The first-order chi connectivity index (χ1) is 9.81. The van der Waals surface area contributed by atoms with E-state index in [0.29, 0.717) is 12.5 Å². The third kappa shape index (κ3) is 4.20. The van der Waals surface area contributed by atoms with E-state index in [9.17, 15) is 4.79 Å². The smallest absolute Gasteiger partial charge is 0.226 e. The molecule has 0 atom stereocenters. The van der Waals surface area contributed by atoms with E-state index in [1.165, 1.54) is 5.56 Å². The highest BCUT2D eigenvalue weighted by Gasteiger charge is 2.24. The van der Waals surface area contributed by atoms with Crippen LogP contribution in [0.3, 0.4) is 0 Å². The molecule has 3 heteroatoms. The molecular weight excluding hydrogens is 248 g/mol. The van der Waals surface area contributed by atoms with Gasteiger partial charge in [-0.1, -0.05) is 36.4 Å². The van der Waals surface area contributed by atoms with Gasteiger partial charge in [0.05, 0.1) is 0 Å². The highest BCUT2D eigenvalue weighted by molar-refractivity contribution is 5.79. The monoisotopic (exact) mass is 272 g/mol. The lowest BCUT2D eigenvalue weighted by Crippen LogP contribution is -2.42. The lowest BCUT2D eigenvalue weighted by Gasteiger charge is -2.29. The molecule has 0 spiro atoms. The molecule has 0 aliphatic carbocycles. The van der Waals surface area contributed by atoms with Gasteiger partial charge in [-0.15, -0.1) is 6.58 Å². The quantitative estimate of drug-likeness (QED) is 0.806. The lowest BCUT2D eigenvalue weighted by molar-refractivity contribution is -0.135. The zero-order valence-electron chi connectivity index (χ0n) is 12.1. The zero-order chi connectivity index (χ0) is 14.2. The van der Waals surface area contributed by atoms with Crippen LogP contribution in [0.2, 0.25) is 0 Å². The van der Waals surface area contributed by atoms with E-state index in [-0.39, 0.29) is 5.92 Å². The molecule has 1 fully saturated rings. The Balaban J connectivity index is 1.91. The molecular formula is C17H24N2O. The molecule has 1 amide bonds. The summed E-state index contributed by atoms with van der Waals surface area (Å²) >= 11 is 0. The predicted molar refractivity (Wildman–Crippen MR) is 82.5 cm³/mol. The first-order valence-electron chi connectivity index (χ1n) is 7.45. The standard InChI is InChI=1S/C17H24N2O/c1-2-13-19(14-10-15-6-4-3-5-7-15)17(20)16-8-11-18-12-9-16/h2-7,16,18H,1,8-14H2. The van der Waals surface area contributed by atoms with Crippen molar-refractivity contribution in [3.63, 3.8) is 0 Å². The van der Waals surface area contributed by atoms with E-state index in [4.69, 9.17) is 0 Å². The Hall–Kier alpha value is -1.61. The van der Waals surface area contributed by atoms with Gasteiger partial charge in [0, 0.05) is 19.0 Å². The summed E-state index contributed by atoms with van der Waals surface area (Å²) in [5, 5.41) is 3.31. The van der Waals surface area contributed by atoms with Gasteiger partial charge >= 0.3 is 0 Å². The van der Waals surface area contributed by atoms with Gasteiger partial charge in [0.25, 0.3) is 0 Å². The van der Waals surface area contributed by atoms with Crippen molar-refractivity contribution in [1.29, 1.82) is 0 Å². The summed E-state index contributed by atoms with van der Waals surface area (Å²) in [6.07, 6.45) is 4.64. The molecule has 1 aromatic carbocycles. The molecule has 1 aliphatic heterocycles. The van der Waals surface area contributed by atoms with Crippen LogP contribution in [0.4, 0.5) is 0 Å². The SMILES string of the molecule is C=CCN(CCc1ccccc1)C(=O)C1CCNCC1. The van der Waals surface area contributed by atoms with E-state index in [1.807, 2.05) is 29.2 Å². The van der Waals surface area contributed by atoms with E-state index in [1.54, 1.807) is 0 Å². The fraction of sp³-hybridized carbons (Fsp3) is 0.471. The molecule has 1 saturated heterocycles. The maximum atomic E-state index is 12.6. The molecule has 108 valence electrons. The minimum atomic E-state index is 0.187. The van der Waals surface area contributed by atoms with Crippen LogP contribution >= 0.6 is 0 Å². The maximum Gasteiger partial charge on any atom is 0.226 e. The minimum Gasteiger partial charge on any atom is -0.338 e. The Morgan fingerprint density at radius 1 is 1.30 bits per heavy atom. The molecule has 0 unspecified atom stereocenters. The van der Waals surface area contributed by atoms with Crippen molar-refractivity contribution in [1.82, 2.24) is 10.2 Å². The van der Waals surface area contributed by atoms with Gasteiger partial charge < -0.3 is 10.2 Å². The molecule has 1 N–H and O–H groups in total. The van der Waals surface area contributed by atoms with E-state index < -0.39 is 0 Å². The van der Waals surface area contributed by atoms with Crippen LogP contribution in [0.15, 0.2) is 43.0 Å². The number of hydrogen-bond acceptors (Lipinski definition) is 2. The highest BCUT2D eigenvalue weighted by atomic mass is 16.2. The zero-order valence-corrected chi connectivity index (χ0v) is 12.1. The molecule has 20 heavy (non-hydrogen) atoms. The van der Waals surface area contributed by atoms with Crippen molar-refractivity contribution < 1.29 is 4.79 Å². The molecule has 2 rings (SSSR count). The van der Waals surface area contributed by atoms with Crippen LogP contribution in [-0.2, 0) is 11.2 Å². The average molecular weight is 272 g/mol. The van der Waals surface area contributed by atoms with E-state index >= 15 is 0 Å². The van der Waals surface area contributed by atoms with E-state index in [0.717, 1.165) is 38.9 Å². The molecule has 1 aromatic rings. The third-order valence-electron chi connectivity index (χ3n) is 3.86. The summed E-state index contributed by atoms with van der Waals surface area (Å²) in [4.78, 5) is 14.5.